The van der Waals surface area contributed by atoms with Gasteiger partial charge in [0.05, 0.1) is 19.7 Å². The number of anilines is 3. The maximum atomic E-state index is 11.1. The average molecular weight is 381 g/mol. The number of hydrogen-bond donors (Lipinski definition) is 2. The second kappa shape index (κ2) is 8.90. The predicted octanol–water partition coefficient (Wildman–Crippen LogP) is 3.17. The van der Waals surface area contributed by atoms with Gasteiger partial charge in [0.1, 0.15) is 11.6 Å². The highest BCUT2D eigenvalue weighted by atomic mass is 16.5. The number of para-hydroxylation sites is 1. The molecule has 2 N–H and O–H groups in total. The van der Waals surface area contributed by atoms with Crippen LogP contribution in [-0.4, -0.2) is 50.4 Å². The van der Waals surface area contributed by atoms with Crippen LogP contribution in [0.5, 0.6) is 5.75 Å². The van der Waals surface area contributed by atoms with Gasteiger partial charge < -0.3 is 25.0 Å². The molecule has 0 aliphatic carbocycles. The van der Waals surface area contributed by atoms with Crippen LogP contribution in [0.25, 0.3) is 10.9 Å². The van der Waals surface area contributed by atoms with Crippen molar-refractivity contribution in [2.24, 2.45) is 0 Å². The van der Waals surface area contributed by atoms with Crippen molar-refractivity contribution in [3.63, 3.8) is 0 Å². The van der Waals surface area contributed by atoms with Gasteiger partial charge in [-0.1, -0.05) is 12.1 Å². The van der Waals surface area contributed by atoms with E-state index in [9.17, 15) is 4.79 Å². The number of fused-ring (bicyclic) bond motifs is 1. The Morgan fingerprint density at radius 3 is 2.50 bits per heavy atom. The van der Waals surface area contributed by atoms with Crippen molar-refractivity contribution in [1.82, 2.24) is 15.3 Å². The largest absolute Gasteiger partial charge is 0.497 e. The monoisotopic (exact) mass is 381 g/mol. The molecule has 28 heavy (non-hydrogen) atoms. The normalized spacial score (nSPS) is 10.4. The molecule has 1 amide bonds. The van der Waals surface area contributed by atoms with E-state index in [1.54, 1.807) is 7.11 Å². The summed E-state index contributed by atoms with van der Waals surface area (Å²) in [4.78, 5) is 22.4. The second-order valence-electron chi connectivity index (χ2n) is 5.99. The van der Waals surface area contributed by atoms with Crippen LogP contribution in [0, 0.1) is 0 Å². The lowest BCUT2D eigenvalue weighted by atomic mass is 10.2. The molecule has 0 unspecified atom stereocenters. The van der Waals surface area contributed by atoms with E-state index in [0.717, 1.165) is 28.2 Å². The number of ether oxygens (including phenoxy) is 2. The van der Waals surface area contributed by atoms with Gasteiger partial charge in [-0.25, -0.2) is 9.78 Å². The fourth-order valence-corrected chi connectivity index (χ4v) is 2.73. The molecule has 3 aromatic rings. The smallest absolute Gasteiger partial charge is 0.406 e. The first-order chi connectivity index (χ1) is 13.6. The lowest BCUT2D eigenvalue weighted by Gasteiger charge is -2.21. The average Bonchev–Trinajstić information content (AvgIpc) is 2.75. The molecule has 2 aromatic carbocycles. The number of aromatic nitrogens is 2. The Morgan fingerprint density at radius 1 is 1.04 bits per heavy atom. The molecule has 146 valence electrons. The van der Waals surface area contributed by atoms with Crippen molar-refractivity contribution >= 4 is 34.4 Å². The number of rotatable bonds is 7. The van der Waals surface area contributed by atoms with Crippen molar-refractivity contribution < 1.29 is 14.3 Å². The number of nitrogens with zero attached hydrogens (tertiary/aromatic N) is 3. The zero-order valence-corrected chi connectivity index (χ0v) is 16.1. The molecule has 8 nitrogen and oxygen atoms in total. The summed E-state index contributed by atoms with van der Waals surface area (Å²) in [5, 5.41) is 6.70. The van der Waals surface area contributed by atoms with E-state index >= 15 is 0 Å². The Bertz CT molecular complexity index is 946. The van der Waals surface area contributed by atoms with Crippen molar-refractivity contribution in [1.29, 1.82) is 0 Å². The van der Waals surface area contributed by atoms with Crippen LogP contribution in [0.3, 0.4) is 0 Å². The number of nitrogens with one attached hydrogen (secondary N) is 2. The SMILES string of the molecule is COC(=O)NCCNc1nc(N(C)c2ccc(OC)cc2)c2ccccc2n1. The van der Waals surface area contributed by atoms with Crippen LogP contribution >= 0.6 is 0 Å². The van der Waals surface area contributed by atoms with Gasteiger partial charge in [-0.05, 0) is 36.4 Å². The summed E-state index contributed by atoms with van der Waals surface area (Å²) in [5.41, 5.74) is 1.80. The molecular formula is C20H23N5O3. The highest BCUT2D eigenvalue weighted by molar-refractivity contribution is 5.92. The number of alkyl carbamates (subject to hydrolysis) is 1. The Hall–Kier alpha value is -3.55. The van der Waals surface area contributed by atoms with Crippen molar-refractivity contribution in [2.75, 3.05) is 44.6 Å². The minimum atomic E-state index is -0.471. The number of carbonyl (C=O) groups is 1. The third kappa shape index (κ3) is 4.40. The van der Waals surface area contributed by atoms with Gasteiger partial charge in [0.15, 0.2) is 0 Å². The minimum absolute atomic E-state index is 0.395. The summed E-state index contributed by atoms with van der Waals surface area (Å²) in [6, 6.07) is 15.6. The predicted molar refractivity (Wildman–Crippen MR) is 109 cm³/mol. The molecule has 3 rings (SSSR count). The minimum Gasteiger partial charge on any atom is -0.497 e. The van der Waals surface area contributed by atoms with E-state index < -0.39 is 6.09 Å². The first-order valence-corrected chi connectivity index (χ1v) is 8.82. The molecule has 1 aromatic heterocycles. The standard InChI is InChI=1S/C20H23N5O3/c1-25(14-8-10-15(27-2)11-9-14)18-16-6-4-5-7-17(16)23-19(24-18)21-12-13-22-20(26)28-3/h4-11H,12-13H2,1-3H3,(H,22,26)(H,21,23,24). The Morgan fingerprint density at radius 2 is 1.79 bits per heavy atom. The van der Waals surface area contributed by atoms with Crippen LogP contribution in [0.4, 0.5) is 22.2 Å². The first kappa shape index (κ1) is 19.2. The molecule has 8 heteroatoms. The van der Waals surface area contributed by atoms with Crippen LogP contribution in [0.1, 0.15) is 0 Å². The number of amides is 1. The third-order valence-electron chi connectivity index (χ3n) is 4.22. The van der Waals surface area contributed by atoms with Crippen molar-refractivity contribution in [2.45, 2.75) is 0 Å². The van der Waals surface area contributed by atoms with Crippen molar-refractivity contribution in [3.8, 4) is 5.75 Å². The topological polar surface area (TPSA) is 88.6 Å². The summed E-state index contributed by atoms with van der Waals surface area (Å²) in [6.07, 6.45) is -0.471. The number of hydrogen-bond acceptors (Lipinski definition) is 7. The molecule has 0 atom stereocenters. The number of benzene rings is 2. The van der Waals surface area contributed by atoms with E-state index in [1.165, 1.54) is 7.11 Å². The molecule has 1 heterocycles. The quantitative estimate of drug-likeness (QED) is 0.608. The Kier molecular flexibility index (Phi) is 6.11. The van der Waals surface area contributed by atoms with Crippen LogP contribution in [-0.2, 0) is 4.74 Å². The molecule has 0 aliphatic rings. The Balaban J connectivity index is 1.86. The molecule has 0 radical (unpaired) electrons. The molecule has 0 aliphatic heterocycles. The maximum Gasteiger partial charge on any atom is 0.406 e. The van der Waals surface area contributed by atoms with E-state index in [4.69, 9.17) is 4.74 Å². The van der Waals surface area contributed by atoms with Gasteiger partial charge in [-0.2, -0.15) is 4.98 Å². The summed E-state index contributed by atoms with van der Waals surface area (Å²) in [7, 11) is 4.93. The van der Waals surface area contributed by atoms with E-state index in [-0.39, 0.29) is 0 Å². The maximum absolute atomic E-state index is 11.1. The lowest BCUT2D eigenvalue weighted by molar-refractivity contribution is 0.171. The number of methoxy groups -OCH3 is 2. The molecular weight excluding hydrogens is 358 g/mol. The van der Waals surface area contributed by atoms with Gasteiger partial charge in [-0.15, -0.1) is 0 Å². The molecule has 0 bridgehead atoms. The highest BCUT2D eigenvalue weighted by Gasteiger charge is 2.13. The van der Waals surface area contributed by atoms with Gasteiger partial charge in [-0.3, -0.25) is 0 Å². The van der Waals surface area contributed by atoms with Crippen molar-refractivity contribution in [3.05, 3.63) is 48.5 Å². The summed E-state index contributed by atoms with van der Waals surface area (Å²) in [5.74, 6) is 2.06. The van der Waals surface area contributed by atoms with Gasteiger partial charge in [0.25, 0.3) is 0 Å². The highest BCUT2D eigenvalue weighted by Crippen LogP contribution is 2.30. The molecule has 0 fully saturated rings. The molecule has 0 saturated heterocycles. The molecule has 0 saturated carbocycles. The Labute approximate surface area is 163 Å². The zero-order chi connectivity index (χ0) is 19.9. The van der Waals surface area contributed by atoms with Crippen LogP contribution in [0.2, 0.25) is 0 Å². The second-order valence-corrected chi connectivity index (χ2v) is 5.99. The fourth-order valence-electron chi connectivity index (χ4n) is 2.73. The third-order valence-corrected chi connectivity index (χ3v) is 4.22. The zero-order valence-electron chi connectivity index (χ0n) is 16.1. The van der Waals surface area contributed by atoms with Gasteiger partial charge in [0.2, 0.25) is 5.95 Å². The van der Waals surface area contributed by atoms with Crippen LogP contribution in [0.15, 0.2) is 48.5 Å². The van der Waals surface area contributed by atoms with Crippen LogP contribution < -0.4 is 20.3 Å². The first-order valence-electron chi connectivity index (χ1n) is 8.82. The summed E-state index contributed by atoms with van der Waals surface area (Å²) >= 11 is 0. The van der Waals surface area contributed by atoms with E-state index in [1.807, 2.05) is 60.5 Å². The lowest BCUT2D eigenvalue weighted by Crippen LogP contribution is -2.28. The number of carbonyl (C=O) groups excluding carboxylic acids is 1. The summed E-state index contributed by atoms with van der Waals surface area (Å²) in [6.45, 7) is 0.867. The molecule has 0 spiro atoms. The van der Waals surface area contributed by atoms with Gasteiger partial charge >= 0.3 is 6.09 Å². The van der Waals surface area contributed by atoms with E-state index in [2.05, 4.69) is 25.3 Å². The van der Waals surface area contributed by atoms with E-state index in [0.29, 0.717) is 19.0 Å². The summed E-state index contributed by atoms with van der Waals surface area (Å²) < 4.78 is 9.78. The van der Waals surface area contributed by atoms with Gasteiger partial charge in [0, 0.05) is 31.2 Å². The fraction of sp³-hybridized carbons (Fsp3) is 0.250.